The second-order valence-electron chi connectivity index (χ2n) is 5.00. The van der Waals surface area contributed by atoms with E-state index in [1.165, 1.54) is 19.3 Å². The first-order valence-corrected chi connectivity index (χ1v) is 7.62. The van der Waals surface area contributed by atoms with Crippen LogP contribution in [-0.4, -0.2) is 15.9 Å². The van der Waals surface area contributed by atoms with Crippen LogP contribution in [0.3, 0.4) is 0 Å². The van der Waals surface area contributed by atoms with Gasteiger partial charge in [0.1, 0.15) is 0 Å². The van der Waals surface area contributed by atoms with Crippen molar-refractivity contribution in [1.82, 2.24) is 9.97 Å². The summed E-state index contributed by atoms with van der Waals surface area (Å²) in [5, 5.41) is 3.50. The average molecular weight is 291 g/mol. The molecule has 1 heterocycles. The van der Waals surface area contributed by atoms with Gasteiger partial charge in [-0.15, -0.1) is 12.6 Å². The van der Waals surface area contributed by atoms with Gasteiger partial charge >= 0.3 is 0 Å². The summed E-state index contributed by atoms with van der Waals surface area (Å²) in [5.41, 5.74) is 2.53. The second-order valence-corrected chi connectivity index (χ2v) is 5.43. The van der Waals surface area contributed by atoms with Gasteiger partial charge in [-0.1, -0.05) is 32.6 Å². The van der Waals surface area contributed by atoms with Gasteiger partial charge in [0.05, 0.1) is 11.0 Å². The molecule has 1 amide bonds. The van der Waals surface area contributed by atoms with Crippen LogP contribution in [0.15, 0.2) is 23.4 Å². The number of carbonyl (C=O) groups is 1. The fraction of sp³-hybridized carbons (Fsp3) is 0.467. The van der Waals surface area contributed by atoms with Crippen LogP contribution >= 0.6 is 12.6 Å². The van der Waals surface area contributed by atoms with E-state index < -0.39 is 0 Å². The molecule has 4 nitrogen and oxygen atoms in total. The number of nitrogens with zero attached hydrogens (tertiary/aromatic N) is 1. The van der Waals surface area contributed by atoms with E-state index in [1.54, 1.807) is 0 Å². The maximum absolute atomic E-state index is 11.8. The van der Waals surface area contributed by atoms with Gasteiger partial charge in [-0.05, 0) is 24.6 Å². The Morgan fingerprint density at radius 3 is 2.90 bits per heavy atom. The Hall–Kier alpha value is -1.49. The van der Waals surface area contributed by atoms with Gasteiger partial charge in [-0.3, -0.25) is 4.79 Å². The third kappa shape index (κ3) is 4.27. The SMILES string of the molecule is CCCCCCCC(=O)Nc1ccc2[nH]c(S)nc2c1. The number of thiol groups is 1. The molecule has 0 bridgehead atoms. The maximum Gasteiger partial charge on any atom is 0.224 e. The number of fused-ring (bicyclic) bond motifs is 1. The highest BCUT2D eigenvalue weighted by atomic mass is 32.1. The van der Waals surface area contributed by atoms with E-state index in [-0.39, 0.29) is 5.91 Å². The van der Waals surface area contributed by atoms with Crippen molar-refractivity contribution in [2.75, 3.05) is 5.32 Å². The van der Waals surface area contributed by atoms with Crippen molar-refractivity contribution < 1.29 is 4.79 Å². The molecule has 0 aliphatic carbocycles. The molecule has 1 aromatic carbocycles. The summed E-state index contributed by atoms with van der Waals surface area (Å²) in [6, 6.07) is 5.64. The summed E-state index contributed by atoms with van der Waals surface area (Å²) in [6.45, 7) is 2.19. The van der Waals surface area contributed by atoms with Gasteiger partial charge in [0.25, 0.3) is 0 Å². The van der Waals surface area contributed by atoms with E-state index in [2.05, 4.69) is 34.8 Å². The number of hydrogen-bond donors (Lipinski definition) is 3. The Bertz CT molecular complexity index is 580. The highest BCUT2D eigenvalue weighted by Gasteiger charge is 2.05. The van der Waals surface area contributed by atoms with Gasteiger partial charge < -0.3 is 10.3 Å². The van der Waals surface area contributed by atoms with Crippen molar-refractivity contribution in [3.63, 3.8) is 0 Å². The fourth-order valence-corrected chi connectivity index (χ4v) is 2.41. The van der Waals surface area contributed by atoms with Gasteiger partial charge in [0, 0.05) is 12.1 Å². The number of rotatable bonds is 7. The number of amides is 1. The van der Waals surface area contributed by atoms with Crippen LogP contribution in [-0.2, 0) is 4.79 Å². The van der Waals surface area contributed by atoms with Crippen LogP contribution in [0.1, 0.15) is 45.4 Å². The molecule has 1 aromatic heterocycles. The number of carbonyl (C=O) groups excluding carboxylic acids is 1. The van der Waals surface area contributed by atoms with Gasteiger partial charge in [0.15, 0.2) is 5.16 Å². The van der Waals surface area contributed by atoms with E-state index in [1.807, 2.05) is 18.2 Å². The number of H-pyrrole nitrogens is 1. The zero-order valence-electron chi connectivity index (χ0n) is 11.8. The predicted molar refractivity (Wildman–Crippen MR) is 85.4 cm³/mol. The Labute approximate surface area is 124 Å². The standard InChI is InChI=1S/C15H21N3OS/c1-2-3-4-5-6-7-14(19)16-11-8-9-12-13(10-11)18-15(20)17-12/h8-10H,2-7H2,1H3,(H,16,19)(H2,17,18,20). The van der Waals surface area contributed by atoms with Crippen molar-refractivity contribution in [2.24, 2.45) is 0 Å². The van der Waals surface area contributed by atoms with Crippen LogP contribution in [0.25, 0.3) is 11.0 Å². The van der Waals surface area contributed by atoms with Crippen LogP contribution in [0.4, 0.5) is 5.69 Å². The maximum atomic E-state index is 11.8. The molecule has 20 heavy (non-hydrogen) atoms. The van der Waals surface area contributed by atoms with Gasteiger partial charge in [-0.25, -0.2) is 4.98 Å². The number of hydrogen-bond acceptors (Lipinski definition) is 3. The summed E-state index contributed by atoms with van der Waals surface area (Å²) < 4.78 is 0. The first-order valence-electron chi connectivity index (χ1n) is 7.17. The average Bonchev–Trinajstić information content (AvgIpc) is 2.78. The molecular formula is C15H21N3OS. The number of anilines is 1. The van der Waals surface area contributed by atoms with E-state index in [0.29, 0.717) is 11.6 Å². The lowest BCUT2D eigenvalue weighted by molar-refractivity contribution is -0.116. The Balaban J connectivity index is 1.83. The third-order valence-electron chi connectivity index (χ3n) is 3.26. The first kappa shape index (κ1) is 14.9. The number of unbranched alkanes of at least 4 members (excludes halogenated alkanes) is 4. The van der Waals surface area contributed by atoms with E-state index >= 15 is 0 Å². The molecule has 2 rings (SSSR count). The van der Waals surface area contributed by atoms with Crippen molar-refractivity contribution in [3.05, 3.63) is 18.2 Å². The summed E-state index contributed by atoms with van der Waals surface area (Å²) in [5.74, 6) is 0.0717. The van der Waals surface area contributed by atoms with Gasteiger partial charge in [0.2, 0.25) is 5.91 Å². The van der Waals surface area contributed by atoms with Gasteiger partial charge in [-0.2, -0.15) is 0 Å². The van der Waals surface area contributed by atoms with Crippen molar-refractivity contribution >= 4 is 35.3 Å². The van der Waals surface area contributed by atoms with Crippen molar-refractivity contribution in [1.29, 1.82) is 0 Å². The van der Waals surface area contributed by atoms with Crippen LogP contribution < -0.4 is 5.32 Å². The van der Waals surface area contributed by atoms with Crippen LogP contribution in [0.5, 0.6) is 0 Å². The summed E-state index contributed by atoms with van der Waals surface area (Å²) in [4.78, 5) is 19.1. The quantitative estimate of drug-likeness (QED) is 0.530. The number of benzene rings is 1. The minimum Gasteiger partial charge on any atom is -0.333 e. The smallest absolute Gasteiger partial charge is 0.224 e. The molecule has 0 unspecified atom stereocenters. The summed E-state index contributed by atoms with van der Waals surface area (Å²) >= 11 is 4.17. The number of nitrogens with one attached hydrogen (secondary N) is 2. The molecule has 5 heteroatoms. The van der Waals surface area contributed by atoms with E-state index in [0.717, 1.165) is 29.6 Å². The molecule has 108 valence electrons. The minimum absolute atomic E-state index is 0.0717. The second kappa shape index (κ2) is 7.33. The molecule has 0 atom stereocenters. The minimum atomic E-state index is 0.0717. The molecule has 0 aliphatic rings. The summed E-state index contributed by atoms with van der Waals surface area (Å²) in [7, 11) is 0. The Morgan fingerprint density at radius 1 is 1.30 bits per heavy atom. The molecule has 0 fully saturated rings. The lowest BCUT2D eigenvalue weighted by atomic mass is 10.1. The molecular weight excluding hydrogens is 270 g/mol. The predicted octanol–water partition coefficient (Wildman–Crippen LogP) is 4.15. The molecule has 2 aromatic rings. The molecule has 0 saturated heterocycles. The molecule has 0 radical (unpaired) electrons. The Morgan fingerprint density at radius 2 is 2.10 bits per heavy atom. The molecule has 0 aliphatic heterocycles. The van der Waals surface area contributed by atoms with E-state index in [9.17, 15) is 4.79 Å². The van der Waals surface area contributed by atoms with Crippen molar-refractivity contribution in [3.8, 4) is 0 Å². The topological polar surface area (TPSA) is 57.8 Å². The lowest BCUT2D eigenvalue weighted by Crippen LogP contribution is -2.10. The zero-order chi connectivity index (χ0) is 14.4. The normalized spacial score (nSPS) is 10.9. The molecule has 2 N–H and O–H groups in total. The highest BCUT2D eigenvalue weighted by Crippen LogP contribution is 2.18. The largest absolute Gasteiger partial charge is 0.333 e. The molecule has 0 spiro atoms. The number of aromatic nitrogens is 2. The van der Waals surface area contributed by atoms with Crippen molar-refractivity contribution in [2.45, 2.75) is 50.6 Å². The summed E-state index contributed by atoms with van der Waals surface area (Å²) in [6.07, 6.45) is 6.36. The van der Waals surface area contributed by atoms with Crippen LogP contribution in [0.2, 0.25) is 0 Å². The first-order chi connectivity index (χ1) is 9.69. The Kier molecular flexibility index (Phi) is 5.47. The fourth-order valence-electron chi connectivity index (χ4n) is 2.18. The number of aromatic amines is 1. The monoisotopic (exact) mass is 291 g/mol. The molecule has 0 saturated carbocycles. The number of imidazole rings is 1. The lowest BCUT2D eigenvalue weighted by Gasteiger charge is -2.05. The van der Waals surface area contributed by atoms with E-state index in [4.69, 9.17) is 0 Å². The third-order valence-corrected chi connectivity index (χ3v) is 3.47. The highest BCUT2D eigenvalue weighted by molar-refractivity contribution is 7.80. The zero-order valence-corrected chi connectivity index (χ0v) is 12.7. The van der Waals surface area contributed by atoms with Crippen LogP contribution in [0, 0.1) is 0 Å².